The number of fused-ring (bicyclic) bond motifs is 1. The predicted octanol–water partition coefficient (Wildman–Crippen LogP) is 1.47. The maximum atomic E-state index is 12.3. The van der Waals surface area contributed by atoms with Gasteiger partial charge in [-0.3, -0.25) is 14.8 Å². The van der Waals surface area contributed by atoms with Gasteiger partial charge in [0.25, 0.3) is 5.91 Å². The molecule has 0 aliphatic rings. The van der Waals surface area contributed by atoms with Crippen LogP contribution in [0, 0.1) is 0 Å². The van der Waals surface area contributed by atoms with E-state index in [1.54, 1.807) is 35.5 Å². The predicted molar refractivity (Wildman–Crippen MR) is 72.8 cm³/mol. The van der Waals surface area contributed by atoms with Crippen molar-refractivity contribution in [1.82, 2.24) is 14.9 Å². The molecule has 0 aliphatic heterocycles. The van der Waals surface area contributed by atoms with Crippen molar-refractivity contribution in [2.75, 3.05) is 19.7 Å². The summed E-state index contributed by atoms with van der Waals surface area (Å²) < 4.78 is 0. The molecular formula is C14H17N3O2. The fourth-order valence-electron chi connectivity index (χ4n) is 1.94. The smallest absolute Gasteiger partial charge is 0.253 e. The van der Waals surface area contributed by atoms with E-state index in [1.807, 2.05) is 6.92 Å². The van der Waals surface area contributed by atoms with Crippen LogP contribution < -0.4 is 0 Å². The molecule has 0 fully saturated rings. The summed E-state index contributed by atoms with van der Waals surface area (Å²) in [5.74, 6) is -0.0384. The zero-order valence-corrected chi connectivity index (χ0v) is 10.9. The van der Waals surface area contributed by atoms with E-state index in [4.69, 9.17) is 5.11 Å². The molecule has 0 unspecified atom stereocenters. The first kappa shape index (κ1) is 13.4. The molecule has 0 atom stereocenters. The van der Waals surface area contributed by atoms with Crippen LogP contribution >= 0.6 is 0 Å². The third kappa shape index (κ3) is 3.06. The summed E-state index contributed by atoms with van der Waals surface area (Å²) in [6.07, 6.45) is 3.83. The third-order valence-electron chi connectivity index (χ3n) is 2.97. The number of benzene rings is 1. The molecule has 5 nitrogen and oxygen atoms in total. The van der Waals surface area contributed by atoms with Crippen molar-refractivity contribution < 1.29 is 9.90 Å². The van der Waals surface area contributed by atoms with Gasteiger partial charge in [0.1, 0.15) is 0 Å². The van der Waals surface area contributed by atoms with Gasteiger partial charge in [0, 0.05) is 37.7 Å². The molecular weight excluding hydrogens is 242 g/mol. The van der Waals surface area contributed by atoms with Crippen LogP contribution in [0.25, 0.3) is 11.0 Å². The normalized spacial score (nSPS) is 10.6. The minimum atomic E-state index is -0.0384. The van der Waals surface area contributed by atoms with Gasteiger partial charge in [-0.25, -0.2) is 0 Å². The second kappa shape index (κ2) is 6.24. The van der Waals surface area contributed by atoms with Crippen molar-refractivity contribution in [1.29, 1.82) is 0 Å². The molecule has 19 heavy (non-hydrogen) atoms. The Morgan fingerprint density at radius 1 is 1.26 bits per heavy atom. The fourth-order valence-corrected chi connectivity index (χ4v) is 1.94. The van der Waals surface area contributed by atoms with Crippen LogP contribution in [0.4, 0.5) is 0 Å². The highest BCUT2D eigenvalue weighted by molar-refractivity contribution is 5.97. The number of carbonyl (C=O) groups excluding carboxylic acids is 1. The standard InChI is InChI=1S/C14H17N3O2/c1-2-17(8-3-9-18)14(19)11-4-5-12-13(10-11)16-7-6-15-12/h4-7,10,18H,2-3,8-9H2,1H3. The Balaban J connectivity index is 2.24. The lowest BCUT2D eigenvalue weighted by Gasteiger charge is -2.20. The summed E-state index contributed by atoms with van der Waals surface area (Å²) >= 11 is 0. The van der Waals surface area contributed by atoms with Crippen LogP contribution in [-0.2, 0) is 0 Å². The number of amides is 1. The lowest BCUT2D eigenvalue weighted by Crippen LogP contribution is -2.32. The van der Waals surface area contributed by atoms with Crippen LogP contribution in [0.2, 0.25) is 0 Å². The summed E-state index contributed by atoms with van der Waals surface area (Å²) in [7, 11) is 0. The first-order valence-electron chi connectivity index (χ1n) is 6.37. The number of hydrogen-bond donors (Lipinski definition) is 1. The first-order chi connectivity index (χ1) is 9.26. The van der Waals surface area contributed by atoms with Crippen LogP contribution in [0.5, 0.6) is 0 Å². The van der Waals surface area contributed by atoms with Gasteiger partial charge in [-0.1, -0.05) is 0 Å². The molecule has 1 N–H and O–H groups in total. The van der Waals surface area contributed by atoms with Crippen molar-refractivity contribution in [3.8, 4) is 0 Å². The number of rotatable bonds is 5. The molecule has 1 aromatic carbocycles. The molecule has 1 heterocycles. The minimum Gasteiger partial charge on any atom is -0.396 e. The quantitative estimate of drug-likeness (QED) is 0.883. The average Bonchev–Trinajstić information content (AvgIpc) is 2.47. The monoisotopic (exact) mass is 259 g/mol. The van der Waals surface area contributed by atoms with Crippen LogP contribution in [0.3, 0.4) is 0 Å². The minimum absolute atomic E-state index is 0.0384. The molecule has 0 spiro atoms. The second-order valence-corrected chi connectivity index (χ2v) is 4.22. The second-order valence-electron chi connectivity index (χ2n) is 4.22. The summed E-state index contributed by atoms with van der Waals surface area (Å²) in [5, 5.41) is 8.85. The van der Waals surface area contributed by atoms with E-state index in [2.05, 4.69) is 9.97 Å². The lowest BCUT2D eigenvalue weighted by atomic mass is 10.1. The highest BCUT2D eigenvalue weighted by atomic mass is 16.3. The topological polar surface area (TPSA) is 66.3 Å². The highest BCUT2D eigenvalue weighted by Crippen LogP contribution is 2.13. The number of aliphatic hydroxyl groups is 1. The number of hydrogen-bond acceptors (Lipinski definition) is 4. The number of nitrogens with zero attached hydrogens (tertiary/aromatic N) is 3. The Morgan fingerprint density at radius 2 is 2.00 bits per heavy atom. The molecule has 0 saturated carbocycles. The van der Waals surface area contributed by atoms with E-state index in [9.17, 15) is 4.79 Å². The molecule has 100 valence electrons. The molecule has 1 amide bonds. The van der Waals surface area contributed by atoms with Crippen molar-refractivity contribution in [2.45, 2.75) is 13.3 Å². The van der Waals surface area contributed by atoms with Crippen molar-refractivity contribution in [2.24, 2.45) is 0 Å². The van der Waals surface area contributed by atoms with E-state index in [0.29, 0.717) is 30.6 Å². The third-order valence-corrected chi connectivity index (χ3v) is 2.97. The van der Waals surface area contributed by atoms with E-state index in [0.717, 1.165) is 5.52 Å². The maximum absolute atomic E-state index is 12.3. The summed E-state index contributed by atoms with van der Waals surface area (Å²) in [4.78, 5) is 22.4. The molecule has 1 aromatic heterocycles. The van der Waals surface area contributed by atoms with E-state index in [-0.39, 0.29) is 12.5 Å². The van der Waals surface area contributed by atoms with Crippen molar-refractivity contribution in [3.05, 3.63) is 36.2 Å². The van der Waals surface area contributed by atoms with Gasteiger partial charge >= 0.3 is 0 Å². The largest absolute Gasteiger partial charge is 0.396 e. The van der Waals surface area contributed by atoms with Gasteiger partial charge < -0.3 is 10.0 Å². The Labute approximate surface area is 111 Å². The number of aliphatic hydroxyl groups excluding tert-OH is 1. The van der Waals surface area contributed by atoms with Crippen LogP contribution in [0.1, 0.15) is 23.7 Å². The van der Waals surface area contributed by atoms with Gasteiger partial charge in [0.15, 0.2) is 0 Å². The lowest BCUT2D eigenvalue weighted by molar-refractivity contribution is 0.0754. The molecule has 5 heteroatoms. The molecule has 2 aromatic rings. The molecule has 0 radical (unpaired) electrons. The SMILES string of the molecule is CCN(CCCO)C(=O)c1ccc2nccnc2c1. The van der Waals surface area contributed by atoms with Crippen molar-refractivity contribution in [3.63, 3.8) is 0 Å². The zero-order valence-electron chi connectivity index (χ0n) is 10.9. The van der Waals surface area contributed by atoms with Gasteiger partial charge in [-0.05, 0) is 31.5 Å². The summed E-state index contributed by atoms with van der Waals surface area (Å²) in [6.45, 7) is 3.20. The Morgan fingerprint density at radius 3 is 2.68 bits per heavy atom. The highest BCUT2D eigenvalue weighted by Gasteiger charge is 2.14. The molecule has 0 saturated heterocycles. The summed E-state index contributed by atoms with van der Waals surface area (Å²) in [6, 6.07) is 5.32. The summed E-state index contributed by atoms with van der Waals surface area (Å²) in [5.41, 5.74) is 2.09. The van der Waals surface area contributed by atoms with Gasteiger partial charge in [0.2, 0.25) is 0 Å². The van der Waals surface area contributed by atoms with Crippen LogP contribution in [0.15, 0.2) is 30.6 Å². The Bertz CT molecular complexity index is 571. The average molecular weight is 259 g/mol. The molecule has 0 aliphatic carbocycles. The molecule has 0 bridgehead atoms. The Hall–Kier alpha value is -2.01. The maximum Gasteiger partial charge on any atom is 0.253 e. The van der Waals surface area contributed by atoms with E-state index in [1.165, 1.54) is 0 Å². The first-order valence-corrected chi connectivity index (χ1v) is 6.37. The van der Waals surface area contributed by atoms with Gasteiger partial charge in [-0.15, -0.1) is 0 Å². The fraction of sp³-hybridized carbons (Fsp3) is 0.357. The van der Waals surface area contributed by atoms with Crippen molar-refractivity contribution >= 4 is 16.9 Å². The number of aromatic nitrogens is 2. The van der Waals surface area contributed by atoms with E-state index >= 15 is 0 Å². The van der Waals surface area contributed by atoms with E-state index < -0.39 is 0 Å². The van der Waals surface area contributed by atoms with Crippen LogP contribution in [-0.4, -0.2) is 45.6 Å². The zero-order chi connectivity index (χ0) is 13.7. The Kier molecular flexibility index (Phi) is 4.41. The number of carbonyl (C=O) groups is 1. The van der Waals surface area contributed by atoms with Gasteiger partial charge in [-0.2, -0.15) is 0 Å². The van der Waals surface area contributed by atoms with Gasteiger partial charge in [0.05, 0.1) is 11.0 Å². The molecule has 2 rings (SSSR count).